The minimum Gasteiger partial charge on any atom is -0.454 e. The lowest BCUT2D eigenvalue weighted by Crippen LogP contribution is -2.34. The first-order chi connectivity index (χ1) is 14.2. The van der Waals surface area contributed by atoms with E-state index in [0.717, 1.165) is 39.7 Å². The van der Waals surface area contributed by atoms with Gasteiger partial charge in [-0.1, -0.05) is 35.9 Å². The molecular formula is C23H20N2O3S. The van der Waals surface area contributed by atoms with Crippen LogP contribution in [0.5, 0.6) is 11.5 Å². The summed E-state index contributed by atoms with van der Waals surface area (Å²) in [4.78, 5) is 20.6. The Bertz CT molecular complexity index is 1100. The molecule has 1 amide bonds. The highest BCUT2D eigenvalue weighted by molar-refractivity contribution is 7.15. The number of fused-ring (bicyclic) bond motifs is 2. The van der Waals surface area contributed by atoms with E-state index in [-0.39, 0.29) is 12.7 Å². The van der Waals surface area contributed by atoms with E-state index in [2.05, 4.69) is 31.2 Å². The minimum atomic E-state index is 0.0126. The third-order valence-electron chi connectivity index (χ3n) is 5.16. The zero-order valence-corrected chi connectivity index (χ0v) is 16.9. The Morgan fingerprint density at radius 3 is 2.83 bits per heavy atom. The average molecular weight is 404 g/mol. The number of aryl methyl sites for hydroxylation is 1. The van der Waals surface area contributed by atoms with Gasteiger partial charge in [0.05, 0.1) is 12.2 Å². The molecule has 0 atom stereocenters. The average Bonchev–Trinajstić information content (AvgIpc) is 3.38. The number of aromatic nitrogens is 1. The number of benzene rings is 2. The van der Waals surface area contributed by atoms with Crippen molar-refractivity contribution in [1.29, 1.82) is 0 Å². The Morgan fingerprint density at radius 1 is 1.14 bits per heavy atom. The van der Waals surface area contributed by atoms with Crippen molar-refractivity contribution < 1.29 is 14.3 Å². The summed E-state index contributed by atoms with van der Waals surface area (Å²) >= 11 is 1.68. The Hall–Kier alpha value is -3.12. The lowest BCUT2D eigenvalue weighted by atomic mass is 10.1. The number of ether oxygens (including phenoxy) is 2. The first-order valence-corrected chi connectivity index (χ1v) is 10.4. The number of hydrogen-bond acceptors (Lipinski definition) is 5. The first kappa shape index (κ1) is 17.9. The second kappa shape index (κ2) is 7.37. The van der Waals surface area contributed by atoms with Crippen LogP contribution < -0.4 is 9.47 Å². The number of carbonyl (C=O) groups excluding carboxylic acids is 1. The molecule has 0 fully saturated rings. The number of nitrogens with zero attached hydrogens (tertiary/aromatic N) is 2. The molecule has 0 spiro atoms. The van der Waals surface area contributed by atoms with Gasteiger partial charge in [0.25, 0.3) is 0 Å². The summed E-state index contributed by atoms with van der Waals surface area (Å²) in [5.41, 5.74) is 4.41. The molecule has 0 bridgehead atoms. The van der Waals surface area contributed by atoms with Crippen LogP contribution in [0, 0.1) is 6.92 Å². The SMILES string of the molecule is Cc1ccc(-c2nc3c(s2)CN(C(=O)C=Cc2ccc4c(c2)OCO4)CC3)cc1. The third-order valence-corrected chi connectivity index (χ3v) is 6.29. The molecule has 6 heteroatoms. The van der Waals surface area contributed by atoms with Crippen LogP contribution in [0.4, 0.5) is 0 Å². The zero-order valence-electron chi connectivity index (χ0n) is 16.1. The van der Waals surface area contributed by atoms with E-state index < -0.39 is 0 Å². The summed E-state index contributed by atoms with van der Waals surface area (Å²) in [6, 6.07) is 14.1. The third kappa shape index (κ3) is 3.63. The maximum absolute atomic E-state index is 12.7. The van der Waals surface area contributed by atoms with Crippen LogP contribution in [-0.4, -0.2) is 29.1 Å². The van der Waals surface area contributed by atoms with Gasteiger partial charge in [-0.25, -0.2) is 4.98 Å². The topological polar surface area (TPSA) is 51.7 Å². The van der Waals surface area contributed by atoms with E-state index in [4.69, 9.17) is 14.5 Å². The summed E-state index contributed by atoms with van der Waals surface area (Å²) in [6.45, 7) is 3.63. The molecule has 0 saturated carbocycles. The number of carbonyl (C=O) groups is 1. The molecule has 2 aliphatic rings. The van der Waals surface area contributed by atoms with Crippen molar-refractivity contribution in [3.05, 3.63) is 70.2 Å². The van der Waals surface area contributed by atoms with Crippen molar-refractivity contribution in [1.82, 2.24) is 9.88 Å². The Balaban J connectivity index is 1.29. The molecule has 0 radical (unpaired) electrons. The fraction of sp³-hybridized carbons (Fsp3) is 0.217. The Kier molecular flexibility index (Phi) is 4.56. The molecule has 5 nitrogen and oxygen atoms in total. The molecule has 0 saturated heterocycles. The predicted molar refractivity (Wildman–Crippen MR) is 113 cm³/mol. The van der Waals surface area contributed by atoms with Gasteiger partial charge in [-0.2, -0.15) is 0 Å². The summed E-state index contributed by atoms with van der Waals surface area (Å²) < 4.78 is 10.7. The molecule has 29 heavy (non-hydrogen) atoms. The van der Waals surface area contributed by atoms with Crippen molar-refractivity contribution in [3.63, 3.8) is 0 Å². The van der Waals surface area contributed by atoms with Gasteiger partial charge in [0.2, 0.25) is 12.7 Å². The largest absolute Gasteiger partial charge is 0.454 e. The Labute approximate surface area is 173 Å². The molecule has 3 aromatic rings. The molecule has 0 aliphatic carbocycles. The van der Waals surface area contributed by atoms with Gasteiger partial charge >= 0.3 is 0 Å². The van der Waals surface area contributed by atoms with Crippen molar-refractivity contribution in [2.75, 3.05) is 13.3 Å². The highest BCUT2D eigenvalue weighted by Gasteiger charge is 2.23. The predicted octanol–water partition coefficient (Wildman–Crippen LogP) is 4.45. The van der Waals surface area contributed by atoms with Gasteiger partial charge in [0, 0.05) is 29.5 Å². The van der Waals surface area contributed by atoms with Crippen LogP contribution >= 0.6 is 11.3 Å². The summed E-state index contributed by atoms with van der Waals surface area (Å²) in [5.74, 6) is 1.47. The standard InChI is InChI=1S/C23H20N2O3S/c1-15-2-6-17(7-3-15)23-24-18-10-11-25(13-21(18)29-23)22(26)9-5-16-4-8-19-20(12-16)28-14-27-19/h2-9,12H,10-11,13-14H2,1H3. The quantitative estimate of drug-likeness (QED) is 0.606. The van der Waals surface area contributed by atoms with E-state index in [0.29, 0.717) is 13.1 Å². The number of thiazole rings is 1. The van der Waals surface area contributed by atoms with Crippen molar-refractivity contribution in [2.45, 2.75) is 19.9 Å². The van der Waals surface area contributed by atoms with Crippen LogP contribution in [0.25, 0.3) is 16.6 Å². The van der Waals surface area contributed by atoms with Gasteiger partial charge in [-0.05, 0) is 30.7 Å². The van der Waals surface area contributed by atoms with Crippen LogP contribution in [0.15, 0.2) is 48.5 Å². The van der Waals surface area contributed by atoms with E-state index in [1.54, 1.807) is 17.4 Å². The van der Waals surface area contributed by atoms with Crippen LogP contribution in [-0.2, 0) is 17.8 Å². The molecule has 5 rings (SSSR count). The van der Waals surface area contributed by atoms with Crippen molar-refractivity contribution in [3.8, 4) is 22.1 Å². The van der Waals surface area contributed by atoms with E-state index in [9.17, 15) is 4.79 Å². The molecule has 1 aromatic heterocycles. The Morgan fingerprint density at radius 2 is 1.97 bits per heavy atom. The van der Waals surface area contributed by atoms with Crippen molar-refractivity contribution in [2.24, 2.45) is 0 Å². The van der Waals surface area contributed by atoms with Gasteiger partial charge in [0.15, 0.2) is 11.5 Å². The van der Waals surface area contributed by atoms with Gasteiger partial charge in [-0.3, -0.25) is 4.79 Å². The summed E-state index contributed by atoms with van der Waals surface area (Å²) in [7, 11) is 0. The molecule has 0 unspecified atom stereocenters. The van der Waals surface area contributed by atoms with E-state index >= 15 is 0 Å². The van der Waals surface area contributed by atoms with Crippen molar-refractivity contribution >= 4 is 23.3 Å². The van der Waals surface area contributed by atoms with Crippen LogP contribution in [0.3, 0.4) is 0 Å². The van der Waals surface area contributed by atoms with Gasteiger partial charge in [0.1, 0.15) is 5.01 Å². The maximum Gasteiger partial charge on any atom is 0.246 e. The fourth-order valence-corrected chi connectivity index (χ4v) is 4.62. The molecular weight excluding hydrogens is 384 g/mol. The fourth-order valence-electron chi connectivity index (χ4n) is 3.49. The normalized spacial score (nSPS) is 15.0. The molecule has 3 heterocycles. The lowest BCUT2D eigenvalue weighted by molar-refractivity contribution is -0.126. The second-order valence-electron chi connectivity index (χ2n) is 7.21. The number of amides is 1. The van der Waals surface area contributed by atoms with E-state index in [1.165, 1.54) is 10.4 Å². The van der Waals surface area contributed by atoms with Crippen LogP contribution in [0.1, 0.15) is 21.7 Å². The maximum atomic E-state index is 12.7. The lowest BCUT2D eigenvalue weighted by Gasteiger charge is -2.24. The second-order valence-corrected chi connectivity index (χ2v) is 8.29. The highest BCUT2D eigenvalue weighted by atomic mass is 32.1. The molecule has 146 valence electrons. The van der Waals surface area contributed by atoms with Gasteiger partial charge < -0.3 is 14.4 Å². The first-order valence-electron chi connectivity index (χ1n) is 9.58. The number of hydrogen-bond donors (Lipinski definition) is 0. The monoisotopic (exact) mass is 404 g/mol. The highest BCUT2D eigenvalue weighted by Crippen LogP contribution is 2.33. The minimum absolute atomic E-state index is 0.0126. The van der Waals surface area contributed by atoms with Crippen LogP contribution in [0.2, 0.25) is 0 Å². The smallest absolute Gasteiger partial charge is 0.246 e. The summed E-state index contributed by atoms with van der Waals surface area (Å²) in [6.07, 6.45) is 4.25. The number of rotatable bonds is 3. The molecule has 2 aliphatic heterocycles. The van der Waals surface area contributed by atoms with E-state index in [1.807, 2.05) is 29.2 Å². The molecule has 0 N–H and O–H groups in total. The molecule has 2 aromatic carbocycles. The van der Waals surface area contributed by atoms with Gasteiger partial charge in [-0.15, -0.1) is 11.3 Å². The zero-order chi connectivity index (χ0) is 19.8. The summed E-state index contributed by atoms with van der Waals surface area (Å²) in [5, 5.41) is 1.03.